The first-order valence-corrected chi connectivity index (χ1v) is 12.0. The predicted octanol–water partition coefficient (Wildman–Crippen LogP) is 4.37. The molecule has 3 aromatic carbocycles. The molecule has 166 valence electrons. The molecule has 0 aliphatic carbocycles. The van der Waals surface area contributed by atoms with Gasteiger partial charge in [-0.1, -0.05) is 78.5 Å². The van der Waals surface area contributed by atoms with Crippen molar-refractivity contribution in [3.05, 3.63) is 106 Å². The molecule has 0 unspecified atom stereocenters. The van der Waals surface area contributed by atoms with E-state index in [0.717, 1.165) is 40.9 Å². The van der Waals surface area contributed by atoms with Crippen molar-refractivity contribution in [3.63, 3.8) is 0 Å². The number of amides is 1. The first-order valence-electron chi connectivity index (χ1n) is 11.0. The summed E-state index contributed by atoms with van der Waals surface area (Å²) in [5.74, 6) is 0.144. The summed E-state index contributed by atoms with van der Waals surface area (Å²) < 4.78 is 1.61. The molecule has 6 nitrogen and oxygen atoms in total. The minimum atomic E-state index is -0.258. The normalized spacial score (nSPS) is 12.7. The molecule has 7 heteroatoms. The van der Waals surface area contributed by atoms with Crippen molar-refractivity contribution in [2.45, 2.75) is 31.0 Å². The maximum absolute atomic E-state index is 13.5. The van der Waals surface area contributed by atoms with Crippen LogP contribution in [0.5, 0.6) is 0 Å². The number of carbonyl (C=O) groups is 1. The van der Waals surface area contributed by atoms with E-state index in [0.29, 0.717) is 18.1 Å². The number of fused-ring (bicyclic) bond motifs is 2. The molecule has 1 amide bonds. The number of nitrogens with zero attached hydrogens (tertiary/aromatic N) is 3. The van der Waals surface area contributed by atoms with Gasteiger partial charge in [0.05, 0.1) is 17.1 Å². The topological polar surface area (TPSA) is 71.0 Å². The molecule has 0 spiro atoms. The van der Waals surface area contributed by atoms with Crippen LogP contribution in [0, 0.1) is 0 Å². The number of aromatic amines is 1. The summed E-state index contributed by atoms with van der Waals surface area (Å²) in [4.78, 5) is 27.7. The van der Waals surface area contributed by atoms with Crippen molar-refractivity contribution in [2.24, 2.45) is 0 Å². The Labute approximate surface area is 196 Å². The van der Waals surface area contributed by atoms with E-state index in [1.54, 1.807) is 4.57 Å². The predicted molar refractivity (Wildman–Crippen MR) is 131 cm³/mol. The van der Waals surface area contributed by atoms with Crippen molar-refractivity contribution in [1.82, 2.24) is 14.8 Å². The smallest absolute Gasteiger partial charge is 0.280 e. The zero-order valence-electron chi connectivity index (χ0n) is 18.1. The number of aromatic nitrogens is 3. The number of anilines is 2. The number of aryl methyl sites for hydroxylation is 3. The van der Waals surface area contributed by atoms with Crippen LogP contribution in [0.3, 0.4) is 0 Å². The lowest BCUT2D eigenvalue weighted by molar-refractivity contribution is -0.115. The van der Waals surface area contributed by atoms with E-state index in [1.807, 2.05) is 71.6 Å². The molecular weight excluding hydrogens is 432 g/mol. The lowest BCUT2D eigenvalue weighted by Gasteiger charge is -2.24. The van der Waals surface area contributed by atoms with Gasteiger partial charge >= 0.3 is 5.69 Å². The first kappa shape index (κ1) is 21.3. The van der Waals surface area contributed by atoms with Gasteiger partial charge in [-0.15, -0.1) is 5.10 Å². The number of H-pyrrole nitrogens is 1. The molecule has 0 saturated heterocycles. The van der Waals surface area contributed by atoms with E-state index in [2.05, 4.69) is 22.3 Å². The summed E-state index contributed by atoms with van der Waals surface area (Å²) >= 11 is 1.29. The van der Waals surface area contributed by atoms with Crippen molar-refractivity contribution in [2.75, 3.05) is 10.7 Å². The maximum atomic E-state index is 13.5. The Kier molecular flexibility index (Phi) is 6.13. The summed E-state index contributed by atoms with van der Waals surface area (Å²) in [6, 6.07) is 26.2. The highest BCUT2D eigenvalue weighted by molar-refractivity contribution is 7.99. The number of rotatable bonds is 6. The fraction of sp³-hybridized carbons (Fsp3) is 0.192. The van der Waals surface area contributed by atoms with Crippen molar-refractivity contribution < 1.29 is 4.79 Å². The van der Waals surface area contributed by atoms with E-state index in [9.17, 15) is 9.59 Å². The van der Waals surface area contributed by atoms with Gasteiger partial charge in [-0.3, -0.25) is 14.3 Å². The molecule has 1 aromatic heterocycles. The minimum absolute atomic E-state index is 0.0353. The zero-order chi connectivity index (χ0) is 22.6. The molecular formula is C26H24N4O2S. The van der Waals surface area contributed by atoms with E-state index in [4.69, 9.17) is 0 Å². The average Bonchev–Trinajstić information content (AvgIpc) is 3.11. The van der Waals surface area contributed by atoms with Crippen molar-refractivity contribution >= 4 is 29.0 Å². The number of hydrogen-bond donors (Lipinski definition) is 1. The SMILES string of the molecule is O=C(CSc1n[nH]c(=O)n1CCc1ccccc1)N1c2ccccc2CCc2ccccc21. The van der Waals surface area contributed by atoms with Crippen LogP contribution in [0.2, 0.25) is 0 Å². The third kappa shape index (κ3) is 4.50. The highest BCUT2D eigenvalue weighted by Crippen LogP contribution is 2.36. The second-order valence-corrected chi connectivity index (χ2v) is 8.92. The standard InChI is InChI=1S/C26H24N4O2S/c31-24(18-33-26-28-27-25(32)29(26)17-16-19-8-2-1-3-9-19)30-22-12-6-4-10-20(22)14-15-21-11-5-7-13-23(21)30/h1-13H,14-18H2,(H,27,32). The van der Waals surface area contributed by atoms with Crippen LogP contribution in [-0.2, 0) is 30.6 Å². The molecule has 0 atom stereocenters. The van der Waals surface area contributed by atoms with E-state index < -0.39 is 0 Å². The molecule has 4 aromatic rings. The Morgan fingerprint density at radius 2 is 1.48 bits per heavy atom. The van der Waals surface area contributed by atoms with Gasteiger partial charge in [0.25, 0.3) is 0 Å². The van der Waals surface area contributed by atoms with Crippen LogP contribution in [-0.4, -0.2) is 26.4 Å². The van der Waals surface area contributed by atoms with Gasteiger partial charge < -0.3 is 0 Å². The number of para-hydroxylation sites is 2. The Bertz CT molecular complexity index is 1280. The van der Waals surface area contributed by atoms with E-state index >= 15 is 0 Å². The molecule has 5 rings (SSSR count). The van der Waals surface area contributed by atoms with Crippen LogP contribution in [0.25, 0.3) is 0 Å². The van der Waals surface area contributed by atoms with Gasteiger partial charge in [0, 0.05) is 6.54 Å². The lowest BCUT2D eigenvalue weighted by atomic mass is 10.0. The van der Waals surface area contributed by atoms with Crippen LogP contribution >= 0.6 is 11.8 Å². The maximum Gasteiger partial charge on any atom is 0.343 e. The zero-order valence-corrected chi connectivity index (χ0v) is 18.9. The van der Waals surface area contributed by atoms with Crippen molar-refractivity contribution in [1.29, 1.82) is 0 Å². The van der Waals surface area contributed by atoms with Crippen molar-refractivity contribution in [3.8, 4) is 0 Å². The van der Waals surface area contributed by atoms with Crippen LogP contribution < -0.4 is 10.6 Å². The van der Waals surface area contributed by atoms with Gasteiger partial charge in [0.15, 0.2) is 5.16 Å². The average molecular weight is 457 g/mol. The summed E-state index contributed by atoms with van der Waals surface area (Å²) in [7, 11) is 0. The highest BCUT2D eigenvalue weighted by Gasteiger charge is 2.26. The summed E-state index contributed by atoms with van der Waals surface area (Å²) in [5, 5.41) is 7.23. The Balaban J connectivity index is 1.37. The quantitative estimate of drug-likeness (QED) is 0.438. The van der Waals surface area contributed by atoms with Crippen LogP contribution in [0.4, 0.5) is 11.4 Å². The Hall–Kier alpha value is -3.58. The fourth-order valence-corrected chi connectivity index (χ4v) is 5.06. The summed E-state index contributed by atoms with van der Waals surface area (Å²) in [6.45, 7) is 0.505. The molecule has 2 heterocycles. The number of thioether (sulfide) groups is 1. The number of nitrogens with one attached hydrogen (secondary N) is 1. The van der Waals surface area contributed by atoms with Crippen LogP contribution in [0.15, 0.2) is 88.8 Å². The third-order valence-corrected chi connectivity index (χ3v) is 6.85. The van der Waals surface area contributed by atoms with Gasteiger partial charge in [-0.2, -0.15) is 0 Å². The monoisotopic (exact) mass is 456 g/mol. The van der Waals surface area contributed by atoms with Gasteiger partial charge in [0.1, 0.15) is 0 Å². The largest absolute Gasteiger partial charge is 0.343 e. The molecule has 0 radical (unpaired) electrons. The molecule has 1 aliphatic rings. The van der Waals surface area contributed by atoms with Crippen LogP contribution in [0.1, 0.15) is 16.7 Å². The van der Waals surface area contributed by atoms with E-state index in [1.165, 1.54) is 11.8 Å². The molecule has 0 bridgehead atoms. The minimum Gasteiger partial charge on any atom is -0.280 e. The van der Waals surface area contributed by atoms with Gasteiger partial charge in [0.2, 0.25) is 5.91 Å². The Morgan fingerprint density at radius 1 is 0.879 bits per heavy atom. The lowest BCUT2D eigenvalue weighted by Crippen LogP contribution is -2.28. The number of benzene rings is 3. The molecule has 1 N–H and O–H groups in total. The summed E-state index contributed by atoms with van der Waals surface area (Å²) in [6.07, 6.45) is 2.50. The molecule has 0 saturated carbocycles. The second kappa shape index (κ2) is 9.50. The Morgan fingerprint density at radius 3 is 2.15 bits per heavy atom. The third-order valence-electron chi connectivity index (χ3n) is 5.89. The highest BCUT2D eigenvalue weighted by atomic mass is 32.2. The number of carbonyl (C=O) groups excluding carboxylic acids is 1. The molecule has 33 heavy (non-hydrogen) atoms. The number of hydrogen-bond acceptors (Lipinski definition) is 4. The summed E-state index contributed by atoms with van der Waals surface area (Å²) in [5.41, 5.74) is 5.06. The van der Waals surface area contributed by atoms with Gasteiger partial charge in [-0.05, 0) is 48.1 Å². The van der Waals surface area contributed by atoms with E-state index in [-0.39, 0.29) is 17.3 Å². The second-order valence-electron chi connectivity index (χ2n) is 7.97. The van der Waals surface area contributed by atoms with Gasteiger partial charge in [-0.25, -0.2) is 9.89 Å². The fourth-order valence-electron chi connectivity index (χ4n) is 4.24. The first-order chi connectivity index (χ1) is 16.2. The molecule has 0 fully saturated rings. The molecule has 1 aliphatic heterocycles.